The van der Waals surface area contributed by atoms with Gasteiger partial charge in [0, 0.05) is 11.6 Å². The minimum absolute atomic E-state index is 0.0993. The Bertz CT molecular complexity index is 913. The number of carboxylic acids is 1. The van der Waals surface area contributed by atoms with Crippen LogP contribution in [0.25, 0.3) is 12.2 Å². The van der Waals surface area contributed by atoms with E-state index in [1.54, 1.807) is 36.4 Å². The fraction of sp³-hybridized carbons (Fsp3) is 0.0500. The van der Waals surface area contributed by atoms with Crippen molar-refractivity contribution in [3.63, 3.8) is 0 Å². The second-order valence-electron chi connectivity index (χ2n) is 5.31. The predicted molar refractivity (Wildman–Crippen MR) is 93.9 cm³/mol. The zero-order valence-electron chi connectivity index (χ0n) is 13.6. The Hall–Kier alpha value is -3.67. The molecule has 1 aliphatic heterocycles. The van der Waals surface area contributed by atoms with E-state index < -0.39 is 18.5 Å². The topological polar surface area (TPSA) is 88.0 Å². The number of esters is 1. The lowest BCUT2D eigenvalue weighted by Gasteiger charge is -2.09. The van der Waals surface area contributed by atoms with E-state index in [-0.39, 0.29) is 11.6 Å². The lowest BCUT2D eigenvalue weighted by molar-refractivity contribution is -0.307. The van der Waals surface area contributed by atoms with Crippen LogP contribution in [0.1, 0.15) is 11.1 Å². The molecule has 6 nitrogen and oxygen atoms in total. The van der Waals surface area contributed by atoms with Gasteiger partial charge in [0.2, 0.25) is 5.90 Å². The minimum Gasteiger partial charge on any atom is -0.546 e. The highest BCUT2D eigenvalue weighted by Crippen LogP contribution is 2.23. The SMILES string of the molecule is O=C([O-])COc1ccccc1/C=C1N=C(/C=C/c2ccccc2)OC\1=O. The maximum Gasteiger partial charge on any atom is 0.363 e. The summed E-state index contributed by atoms with van der Waals surface area (Å²) in [6.45, 7) is -0.584. The summed E-state index contributed by atoms with van der Waals surface area (Å²) < 4.78 is 10.3. The molecule has 1 heterocycles. The van der Waals surface area contributed by atoms with Crippen LogP contribution in [0.3, 0.4) is 0 Å². The lowest BCUT2D eigenvalue weighted by atomic mass is 10.1. The first kappa shape index (κ1) is 17.2. The van der Waals surface area contributed by atoms with Crippen molar-refractivity contribution in [2.75, 3.05) is 6.61 Å². The van der Waals surface area contributed by atoms with Crippen LogP contribution < -0.4 is 9.84 Å². The second-order valence-corrected chi connectivity index (χ2v) is 5.31. The van der Waals surface area contributed by atoms with Gasteiger partial charge in [0.25, 0.3) is 0 Å². The van der Waals surface area contributed by atoms with Crippen molar-refractivity contribution in [1.29, 1.82) is 0 Å². The number of hydrogen-bond acceptors (Lipinski definition) is 6. The van der Waals surface area contributed by atoms with Gasteiger partial charge in [0.15, 0.2) is 5.70 Å². The molecule has 2 aromatic rings. The normalized spacial score (nSPS) is 15.2. The van der Waals surface area contributed by atoms with Gasteiger partial charge in [0.05, 0.1) is 5.97 Å². The number of benzene rings is 2. The fourth-order valence-corrected chi connectivity index (χ4v) is 2.24. The van der Waals surface area contributed by atoms with E-state index in [2.05, 4.69) is 4.99 Å². The first-order valence-electron chi connectivity index (χ1n) is 7.79. The molecule has 0 saturated heterocycles. The van der Waals surface area contributed by atoms with Crippen molar-refractivity contribution < 1.29 is 24.2 Å². The molecule has 0 saturated carbocycles. The van der Waals surface area contributed by atoms with Crippen molar-refractivity contribution in [2.24, 2.45) is 4.99 Å². The quantitative estimate of drug-likeness (QED) is 0.587. The molecule has 130 valence electrons. The highest BCUT2D eigenvalue weighted by Gasteiger charge is 2.21. The van der Waals surface area contributed by atoms with Gasteiger partial charge in [-0.15, -0.1) is 0 Å². The molecule has 0 aliphatic carbocycles. The second kappa shape index (κ2) is 7.94. The van der Waals surface area contributed by atoms with E-state index in [0.717, 1.165) is 5.56 Å². The molecule has 2 aromatic carbocycles. The van der Waals surface area contributed by atoms with Crippen molar-refractivity contribution >= 4 is 30.0 Å². The van der Waals surface area contributed by atoms with E-state index in [1.807, 2.05) is 30.3 Å². The van der Waals surface area contributed by atoms with E-state index in [4.69, 9.17) is 9.47 Å². The Morgan fingerprint density at radius 3 is 2.58 bits per heavy atom. The number of carboxylic acid groups (broad SMARTS) is 1. The summed E-state index contributed by atoms with van der Waals surface area (Å²) >= 11 is 0. The van der Waals surface area contributed by atoms with Crippen molar-refractivity contribution in [3.05, 3.63) is 77.5 Å². The molecule has 0 spiro atoms. The number of aliphatic carboxylic acids is 1. The molecule has 26 heavy (non-hydrogen) atoms. The molecule has 0 radical (unpaired) electrons. The Balaban J connectivity index is 1.81. The average Bonchev–Trinajstić information content (AvgIpc) is 3.00. The number of hydrogen-bond donors (Lipinski definition) is 0. The number of cyclic esters (lactones) is 1. The van der Waals surface area contributed by atoms with Gasteiger partial charge in [-0.2, -0.15) is 0 Å². The van der Waals surface area contributed by atoms with Crippen LogP contribution in [0.2, 0.25) is 0 Å². The van der Waals surface area contributed by atoms with Crippen LogP contribution in [0, 0.1) is 0 Å². The van der Waals surface area contributed by atoms with Gasteiger partial charge in [0.1, 0.15) is 12.4 Å². The zero-order valence-corrected chi connectivity index (χ0v) is 13.6. The summed E-state index contributed by atoms with van der Waals surface area (Å²) in [6, 6.07) is 16.2. The Morgan fingerprint density at radius 2 is 1.81 bits per heavy atom. The Labute approximate surface area is 149 Å². The van der Waals surface area contributed by atoms with E-state index in [0.29, 0.717) is 11.3 Å². The van der Waals surface area contributed by atoms with Crippen LogP contribution in [0.15, 0.2) is 71.4 Å². The van der Waals surface area contributed by atoms with E-state index in [1.165, 1.54) is 6.08 Å². The molecule has 0 N–H and O–H groups in total. The first-order chi connectivity index (χ1) is 12.6. The predicted octanol–water partition coefficient (Wildman–Crippen LogP) is 1.82. The molecule has 0 amide bonds. The van der Waals surface area contributed by atoms with E-state index in [9.17, 15) is 14.7 Å². The standard InChI is InChI=1S/C20H15NO5/c22-19(23)13-25-17-9-5-4-8-15(17)12-16-20(24)26-18(21-16)11-10-14-6-2-1-3-7-14/h1-12H,13H2,(H,22,23)/p-1/b11-10+,16-12-. The summed E-state index contributed by atoms with van der Waals surface area (Å²) in [7, 11) is 0. The molecular weight excluding hydrogens is 334 g/mol. The van der Waals surface area contributed by atoms with Crippen molar-refractivity contribution in [3.8, 4) is 5.75 Å². The van der Waals surface area contributed by atoms with Gasteiger partial charge in [-0.1, -0.05) is 48.5 Å². The number of ether oxygens (including phenoxy) is 2. The van der Waals surface area contributed by atoms with Gasteiger partial charge >= 0.3 is 5.97 Å². The van der Waals surface area contributed by atoms with Crippen LogP contribution in [-0.4, -0.2) is 24.4 Å². The van der Waals surface area contributed by atoms with Gasteiger partial charge in [-0.25, -0.2) is 9.79 Å². The maximum absolute atomic E-state index is 12.0. The number of nitrogens with zero attached hydrogens (tertiary/aromatic N) is 1. The first-order valence-corrected chi connectivity index (χ1v) is 7.79. The number of rotatable bonds is 6. The third-order valence-electron chi connectivity index (χ3n) is 3.41. The monoisotopic (exact) mass is 348 g/mol. The van der Waals surface area contributed by atoms with Gasteiger partial charge in [-0.05, 0) is 23.8 Å². The number of carbonyl (C=O) groups is 2. The fourth-order valence-electron chi connectivity index (χ4n) is 2.24. The van der Waals surface area contributed by atoms with Gasteiger partial charge in [-0.3, -0.25) is 0 Å². The Morgan fingerprint density at radius 1 is 1.08 bits per heavy atom. The highest BCUT2D eigenvalue weighted by atomic mass is 16.6. The molecule has 6 heteroatoms. The van der Waals surface area contributed by atoms with Gasteiger partial charge < -0.3 is 19.4 Å². The van der Waals surface area contributed by atoms with Crippen LogP contribution >= 0.6 is 0 Å². The third kappa shape index (κ3) is 4.45. The Kier molecular flexibility index (Phi) is 5.24. The molecule has 0 bridgehead atoms. The zero-order chi connectivity index (χ0) is 18.4. The largest absolute Gasteiger partial charge is 0.546 e. The molecule has 0 fully saturated rings. The average molecular weight is 348 g/mol. The smallest absolute Gasteiger partial charge is 0.363 e. The van der Waals surface area contributed by atoms with Crippen LogP contribution in [0.5, 0.6) is 5.75 Å². The molecule has 3 rings (SSSR count). The molecule has 0 atom stereocenters. The minimum atomic E-state index is -1.33. The number of aliphatic imine (C=N–C) groups is 1. The van der Waals surface area contributed by atoms with E-state index >= 15 is 0 Å². The summed E-state index contributed by atoms with van der Waals surface area (Å²) in [5, 5.41) is 10.6. The summed E-state index contributed by atoms with van der Waals surface area (Å²) in [6.07, 6.45) is 4.87. The van der Waals surface area contributed by atoms with Crippen LogP contribution in [0.4, 0.5) is 0 Å². The van der Waals surface area contributed by atoms with Crippen molar-refractivity contribution in [2.45, 2.75) is 0 Å². The summed E-state index contributed by atoms with van der Waals surface area (Å²) in [4.78, 5) is 26.7. The summed E-state index contributed by atoms with van der Waals surface area (Å²) in [5.74, 6) is -1.44. The molecule has 0 aromatic heterocycles. The van der Waals surface area contributed by atoms with Crippen molar-refractivity contribution in [1.82, 2.24) is 0 Å². The molecule has 0 unspecified atom stereocenters. The number of para-hydroxylation sites is 1. The number of carbonyl (C=O) groups excluding carboxylic acids is 2. The maximum atomic E-state index is 12.0. The molecule has 1 aliphatic rings. The summed E-state index contributed by atoms with van der Waals surface area (Å²) in [5.41, 5.74) is 1.56. The van der Waals surface area contributed by atoms with Crippen LogP contribution in [-0.2, 0) is 14.3 Å². The third-order valence-corrected chi connectivity index (χ3v) is 3.41. The lowest BCUT2D eigenvalue weighted by Crippen LogP contribution is -2.29. The molecular formula is C20H14NO5-. The highest BCUT2D eigenvalue weighted by molar-refractivity contribution is 6.11.